The summed E-state index contributed by atoms with van der Waals surface area (Å²) in [4.78, 5) is 0. The number of rotatable bonds is 0. The summed E-state index contributed by atoms with van der Waals surface area (Å²) in [6.45, 7) is 9.53. The molecule has 0 N–H and O–H groups in total. The highest BCUT2D eigenvalue weighted by Crippen LogP contribution is 2.40. The van der Waals surface area contributed by atoms with E-state index in [4.69, 9.17) is 0 Å². The molecule has 0 saturated heterocycles. The lowest BCUT2D eigenvalue weighted by molar-refractivity contribution is 0.352. The zero-order chi connectivity index (χ0) is 7.02. The highest BCUT2D eigenvalue weighted by Gasteiger charge is 2.31. The Morgan fingerprint density at radius 2 is 1.11 bits per heavy atom. The second kappa shape index (κ2) is 2.32. The van der Waals surface area contributed by atoms with E-state index in [-0.39, 0.29) is 0 Å². The fourth-order valence-corrected chi connectivity index (χ4v) is 2.05. The largest absolute Gasteiger partial charge is 0.0622 e. The Hall–Kier alpha value is 0. The SMILES string of the molecule is C[C@@H]1[C@H](C)[C@H](C)C[C@@H]1C. The van der Waals surface area contributed by atoms with Crippen LogP contribution in [0.4, 0.5) is 0 Å². The third-order valence-electron chi connectivity index (χ3n) is 3.37. The maximum Gasteiger partial charge on any atom is -0.0389 e. The lowest BCUT2D eigenvalue weighted by Gasteiger charge is -2.14. The van der Waals surface area contributed by atoms with Crippen molar-refractivity contribution in [2.24, 2.45) is 23.7 Å². The van der Waals surface area contributed by atoms with Crippen molar-refractivity contribution in [1.29, 1.82) is 0 Å². The van der Waals surface area contributed by atoms with Crippen molar-refractivity contribution in [3.63, 3.8) is 0 Å². The molecule has 0 unspecified atom stereocenters. The Balaban J connectivity index is 2.54. The first kappa shape index (κ1) is 7.11. The van der Waals surface area contributed by atoms with E-state index in [9.17, 15) is 0 Å². The van der Waals surface area contributed by atoms with Gasteiger partial charge in [-0.3, -0.25) is 0 Å². The van der Waals surface area contributed by atoms with Crippen LogP contribution < -0.4 is 0 Å². The lowest BCUT2D eigenvalue weighted by atomic mass is 9.92. The first-order chi connectivity index (χ1) is 4.13. The molecule has 0 bridgehead atoms. The molecule has 0 aromatic rings. The van der Waals surface area contributed by atoms with Crippen molar-refractivity contribution in [3.8, 4) is 0 Å². The van der Waals surface area contributed by atoms with E-state index >= 15 is 0 Å². The molecule has 1 aliphatic carbocycles. The zero-order valence-electron chi connectivity index (χ0n) is 7.02. The standard InChI is InChI=1S/C9H18/c1-6-5-7(2)9(4)8(6)3/h6-9H,5H2,1-4H3/t6-,7+,8-,9+. The van der Waals surface area contributed by atoms with Crippen molar-refractivity contribution in [2.75, 3.05) is 0 Å². The first-order valence-corrected chi connectivity index (χ1v) is 4.13. The molecule has 0 nitrogen and oxygen atoms in total. The molecule has 0 amide bonds. The van der Waals surface area contributed by atoms with Gasteiger partial charge in [0.2, 0.25) is 0 Å². The average Bonchev–Trinajstić information content (AvgIpc) is 1.98. The third-order valence-corrected chi connectivity index (χ3v) is 3.37. The van der Waals surface area contributed by atoms with Gasteiger partial charge in [0.05, 0.1) is 0 Å². The van der Waals surface area contributed by atoms with Crippen molar-refractivity contribution in [3.05, 3.63) is 0 Å². The molecule has 0 heteroatoms. The van der Waals surface area contributed by atoms with Gasteiger partial charge in [0, 0.05) is 0 Å². The van der Waals surface area contributed by atoms with E-state index in [0.29, 0.717) is 0 Å². The maximum atomic E-state index is 2.39. The van der Waals surface area contributed by atoms with Gasteiger partial charge in [-0.1, -0.05) is 27.7 Å². The summed E-state index contributed by atoms with van der Waals surface area (Å²) >= 11 is 0. The normalized spacial score (nSPS) is 52.0. The molecule has 54 valence electrons. The highest BCUT2D eigenvalue weighted by molar-refractivity contribution is 4.81. The average molecular weight is 126 g/mol. The summed E-state index contributed by atoms with van der Waals surface area (Å²) < 4.78 is 0. The van der Waals surface area contributed by atoms with E-state index in [1.807, 2.05) is 0 Å². The fourth-order valence-electron chi connectivity index (χ4n) is 2.05. The molecule has 0 aliphatic heterocycles. The molecule has 0 heterocycles. The summed E-state index contributed by atoms with van der Waals surface area (Å²) in [5.41, 5.74) is 0. The van der Waals surface area contributed by atoms with Crippen molar-refractivity contribution in [1.82, 2.24) is 0 Å². The van der Waals surface area contributed by atoms with E-state index in [0.717, 1.165) is 23.7 Å². The monoisotopic (exact) mass is 126 g/mol. The number of hydrogen-bond donors (Lipinski definition) is 0. The quantitative estimate of drug-likeness (QED) is 0.468. The molecule has 9 heavy (non-hydrogen) atoms. The van der Waals surface area contributed by atoms with Crippen LogP contribution >= 0.6 is 0 Å². The Labute approximate surface area is 58.7 Å². The molecule has 0 spiro atoms. The molecule has 1 fully saturated rings. The lowest BCUT2D eigenvalue weighted by Crippen LogP contribution is -2.07. The van der Waals surface area contributed by atoms with E-state index in [2.05, 4.69) is 27.7 Å². The minimum absolute atomic E-state index is 0.958. The first-order valence-electron chi connectivity index (χ1n) is 4.13. The molecule has 1 aliphatic rings. The predicted molar refractivity (Wildman–Crippen MR) is 41.3 cm³/mol. The minimum atomic E-state index is 0.958. The van der Waals surface area contributed by atoms with Gasteiger partial charge < -0.3 is 0 Å². The van der Waals surface area contributed by atoms with Crippen LogP contribution in [-0.2, 0) is 0 Å². The predicted octanol–water partition coefficient (Wildman–Crippen LogP) is 2.93. The van der Waals surface area contributed by atoms with Crippen LogP contribution in [0.3, 0.4) is 0 Å². The molecule has 0 aromatic carbocycles. The molecule has 0 radical (unpaired) electrons. The van der Waals surface area contributed by atoms with Gasteiger partial charge in [0.1, 0.15) is 0 Å². The number of hydrogen-bond acceptors (Lipinski definition) is 0. The van der Waals surface area contributed by atoms with Crippen LogP contribution in [0.25, 0.3) is 0 Å². The molecule has 1 saturated carbocycles. The molecular weight excluding hydrogens is 108 g/mol. The van der Waals surface area contributed by atoms with Gasteiger partial charge >= 0.3 is 0 Å². The van der Waals surface area contributed by atoms with Gasteiger partial charge in [-0.2, -0.15) is 0 Å². The van der Waals surface area contributed by atoms with Crippen molar-refractivity contribution >= 4 is 0 Å². The van der Waals surface area contributed by atoms with Crippen molar-refractivity contribution < 1.29 is 0 Å². The summed E-state index contributed by atoms with van der Waals surface area (Å²) in [7, 11) is 0. The van der Waals surface area contributed by atoms with Gasteiger partial charge in [0.25, 0.3) is 0 Å². The van der Waals surface area contributed by atoms with Gasteiger partial charge in [0.15, 0.2) is 0 Å². The second-order valence-electron chi connectivity index (χ2n) is 3.91. The van der Waals surface area contributed by atoms with Gasteiger partial charge in [-0.05, 0) is 30.1 Å². The van der Waals surface area contributed by atoms with E-state index < -0.39 is 0 Å². The van der Waals surface area contributed by atoms with Crippen LogP contribution in [0, 0.1) is 23.7 Å². The minimum Gasteiger partial charge on any atom is -0.0622 e. The second-order valence-corrected chi connectivity index (χ2v) is 3.91. The summed E-state index contributed by atoms with van der Waals surface area (Å²) in [6, 6.07) is 0. The van der Waals surface area contributed by atoms with Crippen LogP contribution in [0.15, 0.2) is 0 Å². The maximum absolute atomic E-state index is 2.39. The Morgan fingerprint density at radius 3 is 1.22 bits per heavy atom. The van der Waals surface area contributed by atoms with Crippen molar-refractivity contribution in [2.45, 2.75) is 34.1 Å². The highest BCUT2D eigenvalue weighted by atomic mass is 14.4. The van der Waals surface area contributed by atoms with Gasteiger partial charge in [-0.15, -0.1) is 0 Å². The Bertz CT molecular complexity index is 84.2. The van der Waals surface area contributed by atoms with Crippen LogP contribution in [0.2, 0.25) is 0 Å². The van der Waals surface area contributed by atoms with E-state index in [1.54, 1.807) is 0 Å². The molecule has 1 rings (SSSR count). The third kappa shape index (κ3) is 1.12. The topological polar surface area (TPSA) is 0 Å². The Kier molecular flexibility index (Phi) is 1.83. The Morgan fingerprint density at radius 1 is 0.778 bits per heavy atom. The van der Waals surface area contributed by atoms with Crippen LogP contribution in [0.5, 0.6) is 0 Å². The van der Waals surface area contributed by atoms with E-state index in [1.165, 1.54) is 6.42 Å². The smallest absolute Gasteiger partial charge is 0.0389 e. The molecule has 4 atom stereocenters. The zero-order valence-corrected chi connectivity index (χ0v) is 7.02. The summed E-state index contributed by atoms with van der Waals surface area (Å²) in [6.07, 6.45) is 1.45. The summed E-state index contributed by atoms with van der Waals surface area (Å²) in [5.74, 6) is 3.85. The van der Waals surface area contributed by atoms with Crippen LogP contribution in [0.1, 0.15) is 34.1 Å². The summed E-state index contributed by atoms with van der Waals surface area (Å²) in [5, 5.41) is 0. The van der Waals surface area contributed by atoms with Crippen LogP contribution in [-0.4, -0.2) is 0 Å². The molecule has 0 aromatic heterocycles. The van der Waals surface area contributed by atoms with Gasteiger partial charge in [-0.25, -0.2) is 0 Å². The fraction of sp³-hybridized carbons (Fsp3) is 1.00. The molecular formula is C9H18.